The molecule has 15 nitrogen and oxygen atoms in total. The van der Waals surface area contributed by atoms with E-state index in [0.29, 0.717) is 51.0 Å². The van der Waals surface area contributed by atoms with Crippen LogP contribution in [0.4, 0.5) is 9.59 Å². The molecule has 2 aromatic heterocycles. The molecule has 0 radical (unpaired) electrons. The molecule has 1 aromatic carbocycles. The van der Waals surface area contributed by atoms with E-state index in [1.165, 1.54) is 12.7 Å². The predicted molar refractivity (Wildman–Crippen MR) is 220 cm³/mol. The highest BCUT2D eigenvalue weighted by Crippen LogP contribution is 2.41. The molecule has 4 atom stereocenters. The van der Waals surface area contributed by atoms with E-state index in [9.17, 15) is 19.2 Å². The summed E-state index contributed by atoms with van der Waals surface area (Å²) in [5.74, 6) is 2.00. The van der Waals surface area contributed by atoms with E-state index in [-0.39, 0.29) is 41.8 Å². The normalized spacial score (nSPS) is 23.6. The zero-order valence-corrected chi connectivity index (χ0v) is 35.2. The van der Waals surface area contributed by atoms with Gasteiger partial charge in [-0.2, -0.15) is 0 Å². The number of methoxy groups -OCH3 is 1. The van der Waals surface area contributed by atoms with Crippen LogP contribution < -0.4 is 10.6 Å². The predicted octanol–water partition coefficient (Wildman–Crippen LogP) is 6.88. The van der Waals surface area contributed by atoms with E-state index >= 15 is 0 Å². The highest BCUT2D eigenvalue weighted by molar-refractivity contribution is 5.87. The Morgan fingerprint density at radius 2 is 1.25 bits per heavy atom. The number of imidazole rings is 2. The molecule has 3 aromatic rings. The first-order chi connectivity index (χ1) is 28.5. The first kappa shape index (κ1) is 42.2. The second-order valence-electron chi connectivity index (χ2n) is 17.4. The monoisotopic (exact) mass is 814 g/mol. The fraction of sp³-hybridized carbons (Fsp3) is 0.636. The van der Waals surface area contributed by atoms with Gasteiger partial charge >= 0.3 is 12.2 Å². The van der Waals surface area contributed by atoms with Gasteiger partial charge in [0.15, 0.2) is 0 Å². The average Bonchev–Trinajstić information content (AvgIpc) is 4.09. The molecule has 1 aliphatic carbocycles. The van der Waals surface area contributed by atoms with E-state index in [1.54, 1.807) is 0 Å². The van der Waals surface area contributed by atoms with Crippen molar-refractivity contribution in [2.45, 2.75) is 134 Å². The number of benzene rings is 1. The summed E-state index contributed by atoms with van der Waals surface area (Å²) in [6.45, 7) is 10.1. The maximum absolute atomic E-state index is 13.9. The Hall–Kier alpha value is -4.92. The highest BCUT2D eigenvalue weighted by atomic mass is 16.6. The van der Waals surface area contributed by atoms with Crippen LogP contribution in [0, 0.1) is 11.8 Å². The van der Waals surface area contributed by atoms with Crippen LogP contribution in [-0.4, -0.2) is 105 Å². The molecule has 0 spiro atoms. The van der Waals surface area contributed by atoms with Crippen LogP contribution in [-0.2, 0) is 23.8 Å². The van der Waals surface area contributed by atoms with Crippen LogP contribution in [0.1, 0.15) is 139 Å². The van der Waals surface area contributed by atoms with E-state index in [4.69, 9.17) is 24.2 Å². The third-order valence-electron chi connectivity index (χ3n) is 12.8. The summed E-state index contributed by atoms with van der Waals surface area (Å²) >= 11 is 0. The minimum Gasteiger partial charge on any atom is -0.453 e. The van der Waals surface area contributed by atoms with Gasteiger partial charge in [0.25, 0.3) is 0 Å². The Kier molecular flexibility index (Phi) is 13.6. The molecule has 1 saturated carbocycles. The van der Waals surface area contributed by atoms with Gasteiger partial charge in [0.05, 0.1) is 44.3 Å². The first-order valence-electron chi connectivity index (χ1n) is 21.7. The quantitative estimate of drug-likeness (QED) is 0.151. The van der Waals surface area contributed by atoms with Gasteiger partial charge in [-0.25, -0.2) is 19.6 Å². The van der Waals surface area contributed by atoms with Gasteiger partial charge in [-0.15, -0.1) is 0 Å². The van der Waals surface area contributed by atoms with Crippen molar-refractivity contribution in [3.8, 4) is 11.3 Å². The molecular weight excluding hydrogens is 753 g/mol. The molecule has 0 bridgehead atoms. The van der Waals surface area contributed by atoms with Crippen molar-refractivity contribution in [1.82, 2.24) is 40.4 Å². The Morgan fingerprint density at radius 1 is 0.712 bits per heavy atom. The number of H-pyrrole nitrogens is 2. The Morgan fingerprint density at radius 3 is 1.83 bits per heavy atom. The fourth-order valence-corrected chi connectivity index (χ4v) is 9.36. The van der Waals surface area contributed by atoms with Crippen LogP contribution in [0.2, 0.25) is 0 Å². The van der Waals surface area contributed by atoms with Gasteiger partial charge in [-0.1, -0.05) is 52.0 Å². The number of aromatic amines is 2. The molecule has 4 aliphatic rings. The molecule has 7 rings (SSSR count). The SMILES string of the molecule is COC(=O)NC(C(=O)N1CCCC1c1ncc(-c2ccc(C3CCC(c4cnc(C5CCCN5C(=O)C(NC(=O)OC5CCOCC5)C(C)C)[nH]4)CC3)cc2)[nH]1)C(C)C. The summed E-state index contributed by atoms with van der Waals surface area (Å²) < 4.78 is 15.8. The Bertz CT molecular complexity index is 1900. The van der Waals surface area contributed by atoms with Gasteiger partial charge < -0.3 is 44.6 Å². The highest BCUT2D eigenvalue weighted by Gasteiger charge is 2.39. The number of hydrogen-bond acceptors (Lipinski definition) is 9. The lowest BCUT2D eigenvalue weighted by molar-refractivity contribution is -0.136. The first-order valence-corrected chi connectivity index (χ1v) is 21.7. The van der Waals surface area contributed by atoms with Crippen molar-refractivity contribution in [1.29, 1.82) is 0 Å². The second kappa shape index (κ2) is 19.0. The summed E-state index contributed by atoms with van der Waals surface area (Å²) in [7, 11) is 1.30. The summed E-state index contributed by atoms with van der Waals surface area (Å²) in [5.41, 5.74) is 4.40. The summed E-state index contributed by atoms with van der Waals surface area (Å²) in [6, 6.07) is 7.05. The molecule has 3 aliphatic heterocycles. The van der Waals surface area contributed by atoms with Gasteiger partial charge in [0, 0.05) is 43.7 Å². The fourth-order valence-electron chi connectivity index (χ4n) is 9.36. The largest absolute Gasteiger partial charge is 0.453 e. The third kappa shape index (κ3) is 9.77. The number of carbonyl (C=O) groups is 4. The summed E-state index contributed by atoms with van der Waals surface area (Å²) in [6.07, 6.45) is 11.4. The zero-order chi connectivity index (χ0) is 41.6. The average molecular weight is 815 g/mol. The minimum absolute atomic E-state index is 0.0936. The van der Waals surface area contributed by atoms with Crippen molar-refractivity contribution in [2.75, 3.05) is 33.4 Å². The van der Waals surface area contributed by atoms with Crippen LogP contribution in [0.3, 0.4) is 0 Å². The number of hydrogen-bond donors (Lipinski definition) is 4. The van der Waals surface area contributed by atoms with E-state index < -0.39 is 24.3 Å². The smallest absolute Gasteiger partial charge is 0.408 e. The number of aromatic nitrogens is 4. The molecular formula is C44H62N8O7. The van der Waals surface area contributed by atoms with Crippen LogP contribution >= 0.6 is 0 Å². The van der Waals surface area contributed by atoms with Crippen LogP contribution in [0.15, 0.2) is 36.7 Å². The molecule has 4 N–H and O–H groups in total. The number of amides is 4. The van der Waals surface area contributed by atoms with Crippen molar-refractivity contribution in [3.63, 3.8) is 0 Å². The van der Waals surface area contributed by atoms with Crippen molar-refractivity contribution < 1.29 is 33.4 Å². The molecule has 4 amide bonds. The standard InChI is InChI=1S/C44H62N8O7/c1-26(2)37(49-43(55)57-5)41(53)51-20-6-8-35(51)39-45-24-33(47-39)30-14-10-28(11-15-30)29-12-16-31(17-13-29)34-25-46-40(48-34)36-9-7-21-52(36)42(54)38(27(3)4)50-44(56)59-32-18-22-58-23-19-32/h10-11,14-15,24-27,29,31-32,35-38H,6-9,12-13,16-23H2,1-5H3,(H,45,47)(H,46,48)(H,49,55)(H,50,56). The third-order valence-corrected chi connectivity index (χ3v) is 12.8. The molecule has 4 fully saturated rings. The van der Waals surface area contributed by atoms with Crippen molar-refractivity contribution in [2.24, 2.45) is 11.8 Å². The number of ether oxygens (including phenoxy) is 3. The van der Waals surface area contributed by atoms with Crippen molar-refractivity contribution >= 4 is 24.0 Å². The Balaban J connectivity index is 0.922. The summed E-state index contributed by atoms with van der Waals surface area (Å²) in [5, 5.41) is 5.58. The lowest BCUT2D eigenvalue weighted by Crippen LogP contribution is -2.51. The molecule has 4 unspecified atom stereocenters. The summed E-state index contributed by atoms with van der Waals surface area (Å²) in [4.78, 5) is 72.6. The van der Waals surface area contributed by atoms with Crippen LogP contribution in [0.25, 0.3) is 11.3 Å². The topological polar surface area (TPSA) is 184 Å². The molecule has 59 heavy (non-hydrogen) atoms. The zero-order valence-electron chi connectivity index (χ0n) is 35.2. The van der Waals surface area contributed by atoms with E-state index in [0.717, 1.165) is 80.0 Å². The lowest BCUT2D eigenvalue weighted by atomic mass is 9.77. The molecule has 3 saturated heterocycles. The second-order valence-corrected chi connectivity index (χ2v) is 17.4. The number of nitrogens with zero attached hydrogens (tertiary/aromatic N) is 4. The molecule has 5 heterocycles. The maximum Gasteiger partial charge on any atom is 0.408 e. The number of rotatable bonds is 12. The van der Waals surface area contributed by atoms with E-state index in [1.807, 2.05) is 49.9 Å². The number of nitrogens with one attached hydrogen (secondary N) is 4. The van der Waals surface area contributed by atoms with Crippen LogP contribution in [0.5, 0.6) is 0 Å². The van der Waals surface area contributed by atoms with Gasteiger partial charge in [0.1, 0.15) is 29.8 Å². The molecule has 320 valence electrons. The van der Waals surface area contributed by atoms with Gasteiger partial charge in [-0.3, -0.25) is 9.59 Å². The Labute approximate surface area is 347 Å². The van der Waals surface area contributed by atoms with E-state index in [2.05, 4.69) is 44.9 Å². The number of alkyl carbamates (subject to hydrolysis) is 2. The minimum atomic E-state index is -0.680. The van der Waals surface area contributed by atoms with Gasteiger partial charge in [-0.05, 0) is 80.2 Å². The van der Waals surface area contributed by atoms with Crippen molar-refractivity contribution in [3.05, 3.63) is 59.6 Å². The molecule has 15 heteroatoms. The maximum atomic E-state index is 13.9. The van der Waals surface area contributed by atoms with Gasteiger partial charge in [0.2, 0.25) is 11.8 Å². The lowest BCUT2D eigenvalue weighted by Gasteiger charge is -2.31. The number of carbonyl (C=O) groups excluding carboxylic acids is 4. The number of likely N-dealkylation sites (tertiary alicyclic amines) is 2.